The van der Waals surface area contributed by atoms with E-state index >= 15 is 0 Å². The Morgan fingerprint density at radius 1 is 0.810 bits per heavy atom. The largest absolute Gasteiger partial charge is 0.368 e. The van der Waals surface area contributed by atoms with Gasteiger partial charge in [0.15, 0.2) is 0 Å². The molecular weight excluding hydrogens is 329 g/mol. The zero-order valence-electron chi connectivity index (χ0n) is 11.3. The van der Waals surface area contributed by atoms with Crippen LogP contribution in [0, 0.1) is 0 Å². The molecule has 0 amide bonds. The lowest BCUT2D eigenvalue weighted by Crippen LogP contribution is -2.47. The van der Waals surface area contributed by atoms with Crippen LogP contribution >= 0.6 is 34.8 Å². The van der Waals surface area contributed by atoms with Gasteiger partial charge in [-0.3, -0.25) is 0 Å². The summed E-state index contributed by atoms with van der Waals surface area (Å²) >= 11 is 18.1. The van der Waals surface area contributed by atoms with Crippen molar-refractivity contribution in [1.29, 1.82) is 0 Å². The summed E-state index contributed by atoms with van der Waals surface area (Å²) in [5.74, 6) is 0.707. The summed E-state index contributed by atoms with van der Waals surface area (Å²) in [5, 5.41) is 1.22. The normalized spacial score (nSPS) is 15.4. The lowest BCUT2D eigenvalue weighted by Gasteiger charge is -2.37. The van der Waals surface area contributed by atoms with Gasteiger partial charge in [0, 0.05) is 31.9 Å². The second kappa shape index (κ2) is 6.30. The number of anilines is 2. The van der Waals surface area contributed by atoms with Crippen molar-refractivity contribution in [3.05, 3.63) is 51.6 Å². The number of hydrogen-bond acceptors (Lipinski definition) is 3. The third-order valence-electron chi connectivity index (χ3n) is 3.57. The molecular formula is C15H14Cl3N3. The van der Waals surface area contributed by atoms with Crippen molar-refractivity contribution < 1.29 is 0 Å². The molecule has 1 aromatic carbocycles. The molecule has 110 valence electrons. The lowest BCUT2D eigenvalue weighted by molar-refractivity contribution is 0.647. The molecule has 1 fully saturated rings. The van der Waals surface area contributed by atoms with Crippen molar-refractivity contribution in [2.45, 2.75) is 0 Å². The van der Waals surface area contributed by atoms with Crippen LogP contribution in [0.15, 0.2) is 36.4 Å². The van der Waals surface area contributed by atoms with Gasteiger partial charge < -0.3 is 9.80 Å². The van der Waals surface area contributed by atoms with Gasteiger partial charge >= 0.3 is 0 Å². The van der Waals surface area contributed by atoms with E-state index in [0.29, 0.717) is 21.0 Å². The van der Waals surface area contributed by atoms with Gasteiger partial charge in [-0.1, -0.05) is 53.0 Å². The maximum absolute atomic E-state index is 6.23. The van der Waals surface area contributed by atoms with Gasteiger partial charge in [0.1, 0.15) is 11.0 Å². The average molecular weight is 343 g/mol. The summed E-state index contributed by atoms with van der Waals surface area (Å²) < 4.78 is 0. The summed E-state index contributed by atoms with van der Waals surface area (Å²) in [6.45, 7) is 3.53. The van der Waals surface area contributed by atoms with Gasteiger partial charge in [-0.05, 0) is 18.2 Å². The van der Waals surface area contributed by atoms with E-state index in [1.807, 2.05) is 6.07 Å². The molecule has 3 rings (SSSR count). The first-order chi connectivity index (χ1) is 10.1. The molecule has 1 aliphatic heterocycles. The first-order valence-corrected chi connectivity index (χ1v) is 7.85. The fraction of sp³-hybridized carbons (Fsp3) is 0.267. The Hall–Kier alpha value is -1.16. The van der Waals surface area contributed by atoms with Crippen molar-refractivity contribution in [2.24, 2.45) is 0 Å². The highest BCUT2D eigenvalue weighted by Gasteiger charge is 2.21. The third kappa shape index (κ3) is 3.20. The van der Waals surface area contributed by atoms with Crippen LogP contribution in [0.2, 0.25) is 15.2 Å². The van der Waals surface area contributed by atoms with Crippen LogP contribution in [0.1, 0.15) is 0 Å². The van der Waals surface area contributed by atoms with E-state index in [1.165, 1.54) is 5.69 Å². The fourth-order valence-electron chi connectivity index (χ4n) is 2.47. The van der Waals surface area contributed by atoms with Gasteiger partial charge in [0.05, 0.1) is 10.0 Å². The first kappa shape index (κ1) is 14.8. The molecule has 0 spiro atoms. The minimum Gasteiger partial charge on any atom is -0.368 e. The Morgan fingerprint density at radius 3 is 2.10 bits per heavy atom. The molecule has 21 heavy (non-hydrogen) atoms. The van der Waals surface area contributed by atoms with Gasteiger partial charge in [-0.2, -0.15) is 0 Å². The van der Waals surface area contributed by atoms with Crippen molar-refractivity contribution in [1.82, 2.24) is 4.98 Å². The van der Waals surface area contributed by atoms with Crippen molar-refractivity contribution in [2.75, 3.05) is 36.0 Å². The summed E-state index contributed by atoms with van der Waals surface area (Å²) in [7, 11) is 0. The Morgan fingerprint density at radius 2 is 1.43 bits per heavy atom. The molecule has 2 aromatic rings. The quantitative estimate of drug-likeness (QED) is 0.756. The average Bonchev–Trinajstić information content (AvgIpc) is 2.52. The number of halogens is 3. The van der Waals surface area contributed by atoms with E-state index in [9.17, 15) is 0 Å². The van der Waals surface area contributed by atoms with Gasteiger partial charge in [0.2, 0.25) is 0 Å². The zero-order chi connectivity index (χ0) is 14.8. The number of pyridine rings is 1. The molecule has 0 aliphatic carbocycles. The van der Waals surface area contributed by atoms with Gasteiger partial charge in [0.25, 0.3) is 0 Å². The summed E-state index contributed by atoms with van der Waals surface area (Å²) in [6, 6.07) is 12.0. The van der Waals surface area contributed by atoms with Gasteiger partial charge in [-0.15, -0.1) is 0 Å². The zero-order valence-corrected chi connectivity index (χ0v) is 13.5. The summed E-state index contributed by atoms with van der Waals surface area (Å²) in [6.07, 6.45) is 0. The van der Waals surface area contributed by atoms with Gasteiger partial charge in [-0.25, -0.2) is 4.98 Å². The smallest absolute Gasteiger partial charge is 0.150 e. The number of nitrogens with zero attached hydrogens (tertiary/aromatic N) is 3. The van der Waals surface area contributed by atoms with Crippen LogP contribution in [0.4, 0.5) is 11.5 Å². The van der Waals surface area contributed by atoms with Crippen LogP contribution in [0.3, 0.4) is 0 Å². The first-order valence-electron chi connectivity index (χ1n) is 6.71. The molecule has 0 N–H and O–H groups in total. The molecule has 3 nitrogen and oxygen atoms in total. The molecule has 0 saturated carbocycles. The molecule has 1 saturated heterocycles. The van der Waals surface area contributed by atoms with Crippen molar-refractivity contribution in [3.8, 4) is 0 Å². The Kier molecular flexibility index (Phi) is 4.43. The molecule has 2 heterocycles. The van der Waals surface area contributed by atoms with Crippen LogP contribution in [0.25, 0.3) is 0 Å². The molecule has 0 atom stereocenters. The standard InChI is InChI=1S/C15H14Cl3N3/c16-12-10-13(17)15(19-14(12)18)21-8-6-20(7-9-21)11-4-2-1-3-5-11/h1-5,10H,6-9H2. The molecule has 0 unspecified atom stereocenters. The van der Waals surface area contributed by atoms with Crippen LogP contribution in [-0.4, -0.2) is 31.2 Å². The lowest BCUT2D eigenvalue weighted by atomic mass is 10.2. The van der Waals surface area contributed by atoms with Crippen molar-refractivity contribution >= 4 is 46.3 Å². The molecule has 1 aromatic heterocycles. The van der Waals surface area contributed by atoms with Crippen LogP contribution in [0.5, 0.6) is 0 Å². The third-order valence-corrected chi connectivity index (χ3v) is 4.52. The predicted molar refractivity (Wildman–Crippen MR) is 90.1 cm³/mol. The van der Waals surface area contributed by atoms with E-state index in [-0.39, 0.29) is 0 Å². The monoisotopic (exact) mass is 341 g/mol. The SMILES string of the molecule is Clc1cc(Cl)c(N2CCN(c3ccccc3)CC2)nc1Cl. The Balaban J connectivity index is 1.73. The number of benzene rings is 1. The number of para-hydroxylation sites is 1. The number of hydrogen-bond donors (Lipinski definition) is 0. The maximum atomic E-state index is 6.23. The molecule has 0 radical (unpaired) electrons. The van der Waals surface area contributed by atoms with E-state index in [0.717, 1.165) is 26.2 Å². The Labute approximate surface area is 139 Å². The second-order valence-electron chi connectivity index (χ2n) is 4.88. The highest BCUT2D eigenvalue weighted by atomic mass is 35.5. The van der Waals surface area contributed by atoms with E-state index in [2.05, 4.69) is 39.0 Å². The molecule has 0 bridgehead atoms. The number of rotatable bonds is 2. The predicted octanol–water partition coefficient (Wildman–Crippen LogP) is 4.37. The number of aromatic nitrogens is 1. The van der Waals surface area contributed by atoms with Crippen LogP contribution < -0.4 is 9.80 Å². The minimum absolute atomic E-state index is 0.293. The van der Waals surface area contributed by atoms with Crippen molar-refractivity contribution in [3.63, 3.8) is 0 Å². The minimum atomic E-state index is 0.293. The molecule has 1 aliphatic rings. The van der Waals surface area contributed by atoms with E-state index in [4.69, 9.17) is 34.8 Å². The maximum Gasteiger partial charge on any atom is 0.150 e. The second-order valence-corrected chi connectivity index (χ2v) is 6.05. The summed E-state index contributed by atoms with van der Waals surface area (Å²) in [4.78, 5) is 8.79. The van der Waals surface area contributed by atoms with E-state index < -0.39 is 0 Å². The van der Waals surface area contributed by atoms with E-state index in [1.54, 1.807) is 6.07 Å². The summed E-state index contributed by atoms with van der Waals surface area (Å²) in [5.41, 5.74) is 1.24. The number of piperazine rings is 1. The highest BCUT2D eigenvalue weighted by molar-refractivity contribution is 6.42. The molecule has 6 heteroatoms. The highest BCUT2D eigenvalue weighted by Crippen LogP contribution is 2.32. The topological polar surface area (TPSA) is 19.4 Å². The van der Waals surface area contributed by atoms with Crippen LogP contribution in [-0.2, 0) is 0 Å². The Bertz CT molecular complexity index is 626. The fourth-order valence-corrected chi connectivity index (χ4v) is 3.08.